The Balaban J connectivity index is 3.14. The van der Waals surface area contributed by atoms with Crippen LogP contribution in [0.1, 0.15) is 26.7 Å². The van der Waals surface area contributed by atoms with Gasteiger partial charge in [0.2, 0.25) is 0 Å². The van der Waals surface area contributed by atoms with E-state index in [0.717, 1.165) is 12.8 Å². The van der Waals surface area contributed by atoms with Gasteiger partial charge >= 0.3 is 0 Å². The van der Waals surface area contributed by atoms with Crippen LogP contribution in [0.5, 0.6) is 0 Å². The zero-order chi connectivity index (χ0) is 10.8. The van der Waals surface area contributed by atoms with E-state index in [1.807, 2.05) is 6.92 Å². The number of hydrogen-bond donors (Lipinski definition) is 2. The fourth-order valence-electron chi connectivity index (χ4n) is 0.917. The van der Waals surface area contributed by atoms with Gasteiger partial charge in [0, 0.05) is 13.2 Å². The lowest BCUT2D eigenvalue weighted by Gasteiger charge is -2.14. The Labute approximate surface area is 85.8 Å². The fourth-order valence-corrected chi connectivity index (χ4v) is 0.917. The van der Waals surface area contributed by atoms with E-state index in [1.54, 1.807) is 6.92 Å². The lowest BCUT2D eigenvalue weighted by molar-refractivity contribution is -0.0371. The average molecular weight is 206 g/mol. The molecule has 0 fully saturated rings. The quantitative estimate of drug-likeness (QED) is 0.541. The van der Waals surface area contributed by atoms with Gasteiger partial charge in [-0.1, -0.05) is 0 Å². The zero-order valence-electron chi connectivity index (χ0n) is 9.11. The predicted octanol–water partition coefficient (Wildman–Crippen LogP) is 0.561. The molecule has 0 aromatic rings. The van der Waals surface area contributed by atoms with Crippen LogP contribution in [0.25, 0.3) is 0 Å². The van der Waals surface area contributed by atoms with E-state index < -0.39 is 6.10 Å². The molecule has 0 saturated heterocycles. The second-order valence-corrected chi connectivity index (χ2v) is 3.50. The first-order valence-corrected chi connectivity index (χ1v) is 5.15. The normalized spacial score (nSPS) is 15.4. The third-order valence-electron chi connectivity index (χ3n) is 1.67. The van der Waals surface area contributed by atoms with Gasteiger partial charge in [0.25, 0.3) is 0 Å². The van der Waals surface area contributed by atoms with Crippen LogP contribution in [-0.2, 0) is 9.47 Å². The molecule has 0 saturated carbocycles. The van der Waals surface area contributed by atoms with Crippen molar-refractivity contribution in [1.29, 1.82) is 0 Å². The number of hydrogen-bond acceptors (Lipinski definition) is 4. The van der Waals surface area contributed by atoms with Gasteiger partial charge in [0.05, 0.1) is 25.4 Å². The first-order valence-electron chi connectivity index (χ1n) is 5.15. The van der Waals surface area contributed by atoms with Crippen LogP contribution < -0.4 is 0 Å². The SMILES string of the molecule is CC(O)COC(C)COCCCCO. The molecule has 0 aliphatic carbocycles. The van der Waals surface area contributed by atoms with Crippen molar-refractivity contribution < 1.29 is 19.7 Å². The van der Waals surface area contributed by atoms with E-state index in [1.165, 1.54) is 0 Å². The van der Waals surface area contributed by atoms with Gasteiger partial charge in [-0.2, -0.15) is 0 Å². The van der Waals surface area contributed by atoms with E-state index in [4.69, 9.17) is 19.7 Å². The summed E-state index contributed by atoms with van der Waals surface area (Å²) in [6.07, 6.45) is 1.24. The standard InChI is InChI=1S/C10H22O4/c1-9(12)7-14-10(2)8-13-6-4-3-5-11/h9-12H,3-8H2,1-2H3. The Bertz CT molecular complexity index is 117. The molecule has 0 heterocycles. The summed E-state index contributed by atoms with van der Waals surface area (Å²) in [5.41, 5.74) is 0. The maximum atomic E-state index is 8.95. The van der Waals surface area contributed by atoms with Crippen molar-refractivity contribution in [2.75, 3.05) is 26.4 Å². The van der Waals surface area contributed by atoms with Crippen molar-refractivity contribution in [3.63, 3.8) is 0 Å². The molecule has 2 N–H and O–H groups in total. The van der Waals surface area contributed by atoms with Crippen molar-refractivity contribution >= 4 is 0 Å². The third-order valence-corrected chi connectivity index (χ3v) is 1.67. The molecule has 0 bridgehead atoms. The number of ether oxygens (including phenoxy) is 2. The second kappa shape index (κ2) is 9.40. The molecule has 4 heteroatoms. The molecule has 0 aliphatic heterocycles. The highest BCUT2D eigenvalue weighted by Crippen LogP contribution is 1.96. The summed E-state index contributed by atoms with van der Waals surface area (Å²) in [4.78, 5) is 0. The second-order valence-electron chi connectivity index (χ2n) is 3.50. The number of rotatable bonds is 9. The molecule has 0 aliphatic rings. The topological polar surface area (TPSA) is 58.9 Å². The van der Waals surface area contributed by atoms with E-state index in [9.17, 15) is 0 Å². The average Bonchev–Trinajstić information content (AvgIpc) is 2.14. The summed E-state index contributed by atoms with van der Waals surface area (Å²) in [6.45, 7) is 5.36. The molecule has 0 aromatic carbocycles. The van der Waals surface area contributed by atoms with Crippen molar-refractivity contribution in [2.45, 2.75) is 38.9 Å². The molecule has 0 aromatic heterocycles. The lowest BCUT2D eigenvalue weighted by atomic mass is 10.3. The lowest BCUT2D eigenvalue weighted by Crippen LogP contribution is -2.21. The molecule has 2 unspecified atom stereocenters. The van der Waals surface area contributed by atoms with Gasteiger partial charge in [0.15, 0.2) is 0 Å². The van der Waals surface area contributed by atoms with E-state index in [-0.39, 0.29) is 12.7 Å². The van der Waals surface area contributed by atoms with Gasteiger partial charge in [0.1, 0.15) is 0 Å². The van der Waals surface area contributed by atoms with E-state index in [0.29, 0.717) is 19.8 Å². The van der Waals surface area contributed by atoms with Crippen LogP contribution in [0.4, 0.5) is 0 Å². The number of aliphatic hydroxyl groups is 2. The molecule has 0 rings (SSSR count). The largest absolute Gasteiger partial charge is 0.396 e. The van der Waals surface area contributed by atoms with Crippen molar-refractivity contribution in [2.24, 2.45) is 0 Å². The molecule has 0 amide bonds. The predicted molar refractivity (Wildman–Crippen MR) is 54.2 cm³/mol. The molecule has 14 heavy (non-hydrogen) atoms. The number of unbranched alkanes of at least 4 members (excludes halogenated alkanes) is 1. The fraction of sp³-hybridized carbons (Fsp3) is 1.00. The minimum absolute atomic E-state index is 0.0127. The minimum Gasteiger partial charge on any atom is -0.396 e. The smallest absolute Gasteiger partial charge is 0.0781 e. The zero-order valence-corrected chi connectivity index (χ0v) is 9.11. The van der Waals surface area contributed by atoms with Crippen LogP contribution in [0.3, 0.4) is 0 Å². The van der Waals surface area contributed by atoms with Crippen molar-refractivity contribution in [1.82, 2.24) is 0 Å². The van der Waals surface area contributed by atoms with Crippen LogP contribution >= 0.6 is 0 Å². The Morgan fingerprint density at radius 3 is 2.43 bits per heavy atom. The molecular formula is C10H22O4. The third kappa shape index (κ3) is 9.92. The minimum atomic E-state index is -0.424. The highest BCUT2D eigenvalue weighted by molar-refractivity contribution is 4.50. The highest BCUT2D eigenvalue weighted by Gasteiger charge is 2.03. The molecule has 2 atom stereocenters. The first kappa shape index (κ1) is 13.8. The molecular weight excluding hydrogens is 184 g/mol. The molecule has 0 spiro atoms. The summed E-state index contributed by atoms with van der Waals surface area (Å²) < 4.78 is 10.6. The van der Waals surface area contributed by atoms with Crippen LogP contribution in [0.2, 0.25) is 0 Å². The Morgan fingerprint density at radius 1 is 1.14 bits per heavy atom. The van der Waals surface area contributed by atoms with Gasteiger partial charge in [-0.25, -0.2) is 0 Å². The van der Waals surface area contributed by atoms with E-state index in [2.05, 4.69) is 0 Å². The van der Waals surface area contributed by atoms with Gasteiger partial charge in [-0.05, 0) is 26.7 Å². The number of aliphatic hydroxyl groups excluding tert-OH is 2. The molecule has 0 radical (unpaired) electrons. The summed E-state index contributed by atoms with van der Waals surface area (Å²) in [5.74, 6) is 0. The summed E-state index contributed by atoms with van der Waals surface area (Å²) in [6, 6.07) is 0. The Hall–Kier alpha value is -0.160. The van der Waals surface area contributed by atoms with Gasteiger partial charge in [-0.15, -0.1) is 0 Å². The Kier molecular flexibility index (Phi) is 9.29. The maximum absolute atomic E-state index is 8.95. The molecule has 86 valence electrons. The summed E-state index contributed by atoms with van der Waals surface area (Å²) >= 11 is 0. The maximum Gasteiger partial charge on any atom is 0.0781 e. The Morgan fingerprint density at radius 2 is 1.86 bits per heavy atom. The van der Waals surface area contributed by atoms with Crippen LogP contribution in [0, 0.1) is 0 Å². The van der Waals surface area contributed by atoms with Crippen molar-refractivity contribution in [3.05, 3.63) is 0 Å². The van der Waals surface area contributed by atoms with E-state index >= 15 is 0 Å². The van der Waals surface area contributed by atoms with Gasteiger partial charge < -0.3 is 19.7 Å². The van der Waals surface area contributed by atoms with Crippen LogP contribution in [-0.4, -0.2) is 48.8 Å². The van der Waals surface area contributed by atoms with Crippen LogP contribution in [0.15, 0.2) is 0 Å². The summed E-state index contributed by atoms with van der Waals surface area (Å²) in [7, 11) is 0. The van der Waals surface area contributed by atoms with Gasteiger partial charge in [-0.3, -0.25) is 0 Å². The molecule has 4 nitrogen and oxygen atoms in total. The summed E-state index contributed by atoms with van der Waals surface area (Å²) in [5, 5.41) is 17.5. The van der Waals surface area contributed by atoms with Crippen molar-refractivity contribution in [3.8, 4) is 0 Å². The monoisotopic (exact) mass is 206 g/mol. The first-order chi connectivity index (χ1) is 6.66. The highest BCUT2D eigenvalue weighted by atomic mass is 16.5.